The van der Waals surface area contributed by atoms with Crippen LogP contribution < -0.4 is 5.32 Å². The molecule has 0 saturated heterocycles. The highest BCUT2D eigenvalue weighted by Gasteiger charge is 2.23. The van der Waals surface area contributed by atoms with Gasteiger partial charge in [-0.2, -0.15) is 0 Å². The molecule has 0 fully saturated rings. The molecule has 0 atom stereocenters. The second-order valence-electron chi connectivity index (χ2n) is 5.68. The molecule has 1 N–H and O–H groups in total. The molecule has 0 radical (unpaired) electrons. The van der Waals surface area contributed by atoms with Crippen molar-refractivity contribution >= 4 is 39.2 Å². The van der Waals surface area contributed by atoms with Crippen molar-refractivity contribution < 1.29 is 23.1 Å². The van der Waals surface area contributed by atoms with E-state index >= 15 is 0 Å². The number of hydrogen-bond acceptors (Lipinski definition) is 5. The number of carbonyl (C=O) groups excluding carboxylic acids is 2. The molecular formula is C19H18FNO4S. The molecule has 26 heavy (non-hydrogen) atoms. The highest BCUT2D eigenvalue weighted by molar-refractivity contribution is 7.16. The first kappa shape index (κ1) is 18.1. The maximum atomic E-state index is 13.4. The summed E-state index contributed by atoms with van der Waals surface area (Å²) in [6, 6.07) is 5.81. The van der Waals surface area contributed by atoms with E-state index in [-0.39, 0.29) is 12.4 Å². The van der Waals surface area contributed by atoms with Crippen molar-refractivity contribution in [1.29, 1.82) is 0 Å². The van der Waals surface area contributed by atoms with Crippen LogP contribution >= 0.6 is 11.3 Å². The van der Waals surface area contributed by atoms with Crippen LogP contribution in [0.25, 0.3) is 11.0 Å². The summed E-state index contributed by atoms with van der Waals surface area (Å²) in [4.78, 5) is 25.8. The van der Waals surface area contributed by atoms with E-state index in [1.54, 1.807) is 19.9 Å². The smallest absolute Gasteiger partial charge is 0.341 e. The largest absolute Gasteiger partial charge is 0.462 e. The van der Waals surface area contributed by atoms with Crippen molar-refractivity contribution in [2.45, 2.75) is 27.2 Å². The zero-order chi connectivity index (χ0) is 18.8. The Morgan fingerprint density at radius 3 is 2.73 bits per heavy atom. The second-order valence-corrected chi connectivity index (χ2v) is 6.82. The van der Waals surface area contributed by atoms with E-state index in [0.717, 1.165) is 11.3 Å². The Balaban J connectivity index is 1.94. The molecular weight excluding hydrogens is 357 g/mol. The highest BCUT2D eigenvalue weighted by atomic mass is 32.1. The highest BCUT2D eigenvalue weighted by Crippen LogP contribution is 2.31. The normalized spacial score (nSPS) is 10.9. The number of halogens is 1. The minimum absolute atomic E-state index is 0.0897. The number of esters is 1. The van der Waals surface area contributed by atoms with Crippen LogP contribution in [0.15, 0.2) is 28.7 Å². The molecule has 3 rings (SSSR count). The summed E-state index contributed by atoms with van der Waals surface area (Å²) in [7, 11) is 0. The number of amides is 1. The van der Waals surface area contributed by atoms with Crippen molar-refractivity contribution in [2.75, 3.05) is 11.9 Å². The second kappa shape index (κ2) is 7.29. The van der Waals surface area contributed by atoms with Gasteiger partial charge < -0.3 is 14.5 Å². The third-order valence-corrected chi connectivity index (χ3v) is 5.15. The first-order chi connectivity index (χ1) is 12.4. The van der Waals surface area contributed by atoms with Crippen molar-refractivity contribution in [2.24, 2.45) is 0 Å². The van der Waals surface area contributed by atoms with E-state index in [4.69, 9.17) is 9.15 Å². The zero-order valence-corrected chi connectivity index (χ0v) is 15.5. The van der Waals surface area contributed by atoms with Gasteiger partial charge in [0.15, 0.2) is 5.76 Å². The maximum Gasteiger partial charge on any atom is 0.341 e. The Labute approximate surface area is 153 Å². The van der Waals surface area contributed by atoms with Crippen LogP contribution in [0.2, 0.25) is 0 Å². The summed E-state index contributed by atoms with van der Waals surface area (Å²) in [6.45, 7) is 5.63. The van der Waals surface area contributed by atoms with Crippen LogP contribution in [-0.4, -0.2) is 18.5 Å². The number of anilines is 1. The Hall–Kier alpha value is -2.67. The maximum absolute atomic E-state index is 13.4. The van der Waals surface area contributed by atoms with Crippen LogP contribution in [0.3, 0.4) is 0 Å². The number of ether oxygens (including phenoxy) is 1. The lowest BCUT2D eigenvalue weighted by Gasteiger charge is -2.05. The molecule has 2 aromatic heterocycles. The fraction of sp³-hybridized carbons (Fsp3) is 0.263. The zero-order valence-electron chi connectivity index (χ0n) is 14.6. The third kappa shape index (κ3) is 3.35. The van der Waals surface area contributed by atoms with Gasteiger partial charge in [-0.15, -0.1) is 11.3 Å². The lowest BCUT2D eigenvalue weighted by atomic mass is 10.1. The summed E-state index contributed by atoms with van der Waals surface area (Å²) in [5.41, 5.74) is 1.30. The van der Waals surface area contributed by atoms with Gasteiger partial charge in [0.2, 0.25) is 0 Å². The van der Waals surface area contributed by atoms with Gasteiger partial charge >= 0.3 is 5.97 Å². The van der Waals surface area contributed by atoms with Gasteiger partial charge in [-0.25, -0.2) is 9.18 Å². The number of nitrogens with one attached hydrogen (secondary N) is 1. The molecule has 1 amide bonds. The van der Waals surface area contributed by atoms with Gasteiger partial charge in [-0.05, 0) is 44.5 Å². The van der Waals surface area contributed by atoms with Gasteiger partial charge in [0, 0.05) is 15.8 Å². The average molecular weight is 375 g/mol. The fourth-order valence-corrected chi connectivity index (χ4v) is 3.62. The Bertz CT molecular complexity index is 989. The van der Waals surface area contributed by atoms with Crippen molar-refractivity contribution in [3.8, 4) is 0 Å². The number of fused-ring (bicyclic) bond motifs is 1. The number of thiophene rings is 1. The third-order valence-electron chi connectivity index (χ3n) is 3.96. The SMILES string of the molecule is CCOC(=O)c1cc(CC)sc1NC(=O)c1oc2ccc(F)cc2c1C. The number of hydrogen-bond donors (Lipinski definition) is 1. The first-order valence-corrected chi connectivity index (χ1v) is 9.06. The van der Waals surface area contributed by atoms with E-state index < -0.39 is 17.7 Å². The summed E-state index contributed by atoms with van der Waals surface area (Å²) in [5.74, 6) is -1.29. The Kier molecular flexibility index (Phi) is 5.08. The van der Waals surface area contributed by atoms with Gasteiger partial charge in [-0.1, -0.05) is 6.92 Å². The number of carbonyl (C=O) groups is 2. The van der Waals surface area contributed by atoms with Gasteiger partial charge in [0.25, 0.3) is 5.91 Å². The predicted molar refractivity (Wildman–Crippen MR) is 98.5 cm³/mol. The molecule has 0 saturated carbocycles. The van der Waals surface area contributed by atoms with E-state index in [1.807, 2.05) is 6.92 Å². The predicted octanol–water partition coefficient (Wildman–Crippen LogP) is 4.93. The van der Waals surface area contributed by atoms with E-state index in [2.05, 4.69) is 5.32 Å². The van der Waals surface area contributed by atoms with Crippen LogP contribution in [0.5, 0.6) is 0 Å². The standard InChI is InChI=1S/C19H18FNO4S/c1-4-12-9-14(19(23)24-5-2)18(26-12)21-17(22)16-10(3)13-8-11(20)6-7-15(13)25-16/h6-9H,4-5H2,1-3H3,(H,21,22). The van der Waals surface area contributed by atoms with Gasteiger partial charge in [-0.3, -0.25) is 4.79 Å². The molecule has 0 aliphatic carbocycles. The monoisotopic (exact) mass is 375 g/mol. The number of rotatable bonds is 5. The number of aryl methyl sites for hydroxylation is 2. The van der Waals surface area contributed by atoms with Crippen molar-refractivity contribution in [1.82, 2.24) is 0 Å². The lowest BCUT2D eigenvalue weighted by Crippen LogP contribution is -2.14. The Morgan fingerprint density at radius 2 is 2.04 bits per heavy atom. The fourth-order valence-electron chi connectivity index (χ4n) is 2.64. The average Bonchev–Trinajstić information content (AvgIpc) is 3.16. The molecule has 0 aliphatic heterocycles. The molecule has 1 aromatic carbocycles. The minimum Gasteiger partial charge on any atom is -0.462 e. The van der Waals surface area contributed by atoms with Crippen LogP contribution in [0, 0.1) is 12.7 Å². The van der Waals surface area contributed by atoms with E-state index in [0.29, 0.717) is 27.1 Å². The number of benzene rings is 1. The molecule has 5 nitrogen and oxygen atoms in total. The first-order valence-electron chi connectivity index (χ1n) is 8.24. The topological polar surface area (TPSA) is 68.5 Å². The minimum atomic E-state index is -0.492. The molecule has 0 spiro atoms. The quantitative estimate of drug-likeness (QED) is 0.642. The molecule has 0 unspecified atom stereocenters. The lowest BCUT2D eigenvalue weighted by molar-refractivity contribution is 0.0528. The van der Waals surface area contributed by atoms with Crippen molar-refractivity contribution in [3.05, 3.63) is 51.8 Å². The molecule has 0 aliphatic rings. The van der Waals surface area contributed by atoms with Crippen molar-refractivity contribution in [3.63, 3.8) is 0 Å². The van der Waals surface area contributed by atoms with E-state index in [1.165, 1.54) is 29.5 Å². The van der Waals surface area contributed by atoms with Gasteiger partial charge in [0.05, 0.1) is 12.2 Å². The van der Waals surface area contributed by atoms with Gasteiger partial charge in [0.1, 0.15) is 16.4 Å². The number of furan rings is 1. The molecule has 0 bridgehead atoms. The molecule has 7 heteroatoms. The summed E-state index contributed by atoms with van der Waals surface area (Å²) >= 11 is 1.32. The van der Waals surface area contributed by atoms with Crippen LogP contribution in [0.1, 0.15) is 45.2 Å². The van der Waals surface area contributed by atoms with Crippen LogP contribution in [-0.2, 0) is 11.2 Å². The summed E-state index contributed by atoms with van der Waals surface area (Å²) < 4.78 is 24.1. The summed E-state index contributed by atoms with van der Waals surface area (Å²) in [5, 5.41) is 3.68. The van der Waals surface area contributed by atoms with E-state index in [9.17, 15) is 14.0 Å². The molecule has 2 heterocycles. The molecule has 3 aromatic rings. The van der Waals surface area contributed by atoms with Crippen LogP contribution in [0.4, 0.5) is 9.39 Å². The molecule has 136 valence electrons. The summed E-state index contributed by atoms with van der Waals surface area (Å²) in [6.07, 6.45) is 0.732. The Morgan fingerprint density at radius 1 is 1.27 bits per heavy atom.